The Kier molecular flexibility index (Phi) is 2.85. The third kappa shape index (κ3) is 1.96. The molecule has 0 bridgehead atoms. The van der Waals surface area contributed by atoms with Gasteiger partial charge in [0.15, 0.2) is 0 Å². The highest BCUT2D eigenvalue weighted by atomic mass is 16.5. The van der Waals surface area contributed by atoms with Crippen molar-refractivity contribution in [1.82, 2.24) is 0 Å². The maximum Gasteiger partial charge on any atom is 0.0705 e. The van der Waals surface area contributed by atoms with Crippen LogP contribution in [0.25, 0.3) is 0 Å². The molecule has 1 spiro atoms. The van der Waals surface area contributed by atoms with Gasteiger partial charge in [-0.1, -0.05) is 13.8 Å². The highest BCUT2D eigenvalue weighted by Crippen LogP contribution is 2.45. The van der Waals surface area contributed by atoms with Gasteiger partial charge in [0.05, 0.1) is 11.7 Å². The summed E-state index contributed by atoms with van der Waals surface area (Å²) in [5.41, 5.74) is 5.88. The van der Waals surface area contributed by atoms with Gasteiger partial charge >= 0.3 is 0 Å². The smallest absolute Gasteiger partial charge is 0.0705 e. The minimum Gasteiger partial charge on any atom is -0.370 e. The van der Waals surface area contributed by atoms with E-state index in [1.165, 1.54) is 32.1 Å². The van der Waals surface area contributed by atoms with Crippen LogP contribution in [0.2, 0.25) is 0 Å². The molecule has 2 nitrogen and oxygen atoms in total. The molecule has 0 aromatic rings. The Labute approximate surface area is 87.2 Å². The van der Waals surface area contributed by atoms with E-state index in [0.717, 1.165) is 11.8 Å². The Morgan fingerprint density at radius 3 is 2.43 bits per heavy atom. The first-order valence-corrected chi connectivity index (χ1v) is 6.01. The number of hydrogen-bond donors (Lipinski definition) is 1. The summed E-state index contributed by atoms with van der Waals surface area (Å²) in [6.07, 6.45) is 6.65. The maximum absolute atomic E-state index is 6.15. The lowest BCUT2D eigenvalue weighted by atomic mass is 9.72. The summed E-state index contributed by atoms with van der Waals surface area (Å²) >= 11 is 0. The van der Waals surface area contributed by atoms with Gasteiger partial charge in [-0.05, 0) is 43.9 Å². The molecule has 14 heavy (non-hydrogen) atoms. The van der Waals surface area contributed by atoms with E-state index >= 15 is 0 Å². The summed E-state index contributed by atoms with van der Waals surface area (Å²) in [5, 5.41) is 0. The van der Waals surface area contributed by atoms with Crippen molar-refractivity contribution in [3.63, 3.8) is 0 Å². The highest BCUT2D eigenvalue weighted by Gasteiger charge is 2.44. The van der Waals surface area contributed by atoms with Crippen LogP contribution in [0.4, 0.5) is 0 Å². The number of rotatable bonds is 1. The Balaban J connectivity index is 2.01. The fourth-order valence-electron chi connectivity index (χ4n) is 3.57. The zero-order chi connectivity index (χ0) is 10.2. The van der Waals surface area contributed by atoms with Crippen LogP contribution in [0.1, 0.15) is 46.0 Å². The van der Waals surface area contributed by atoms with Gasteiger partial charge in [0.2, 0.25) is 0 Å². The van der Waals surface area contributed by atoms with Gasteiger partial charge in [0.25, 0.3) is 0 Å². The summed E-state index contributed by atoms with van der Waals surface area (Å²) in [6, 6.07) is 0. The molecule has 1 heterocycles. The fourth-order valence-corrected chi connectivity index (χ4v) is 3.57. The van der Waals surface area contributed by atoms with Crippen LogP contribution in [0.3, 0.4) is 0 Å². The van der Waals surface area contributed by atoms with Crippen molar-refractivity contribution in [3.05, 3.63) is 0 Å². The molecule has 3 atom stereocenters. The molecule has 0 aromatic heterocycles. The van der Waals surface area contributed by atoms with E-state index in [2.05, 4.69) is 13.8 Å². The summed E-state index contributed by atoms with van der Waals surface area (Å²) in [7, 11) is 0. The summed E-state index contributed by atoms with van der Waals surface area (Å²) in [4.78, 5) is 0. The molecule has 1 aliphatic heterocycles. The van der Waals surface area contributed by atoms with Gasteiger partial charge in [0.1, 0.15) is 0 Å². The number of nitrogens with two attached hydrogens (primary N) is 1. The van der Waals surface area contributed by atoms with E-state index in [1.807, 2.05) is 0 Å². The Bertz CT molecular complexity index is 194. The predicted octanol–water partition coefficient (Wildman–Crippen LogP) is 2.32. The van der Waals surface area contributed by atoms with Crippen molar-refractivity contribution in [2.24, 2.45) is 17.6 Å². The summed E-state index contributed by atoms with van der Waals surface area (Å²) in [5.74, 6) is 1.66. The second-order valence-corrected chi connectivity index (χ2v) is 5.55. The second-order valence-electron chi connectivity index (χ2n) is 5.55. The second kappa shape index (κ2) is 3.82. The predicted molar refractivity (Wildman–Crippen MR) is 58.1 cm³/mol. The fraction of sp³-hybridized carbons (Fsp3) is 1.00. The normalized spacial score (nSPS) is 48.6. The summed E-state index contributed by atoms with van der Waals surface area (Å²) in [6.45, 7) is 5.41. The Morgan fingerprint density at radius 2 is 1.93 bits per heavy atom. The van der Waals surface area contributed by atoms with Crippen molar-refractivity contribution in [1.29, 1.82) is 0 Å². The molecule has 82 valence electrons. The summed E-state index contributed by atoms with van der Waals surface area (Å²) < 4.78 is 6.15. The largest absolute Gasteiger partial charge is 0.370 e. The van der Waals surface area contributed by atoms with E-state index in [0.29, 0.717) is 12.6 Å². The van der Waals surface area contributed by atoms with Crippen molar-refractivity contribution in [2.45, 2.75) is 57.7 Å². The van der Waals surface area contributed by atoms with Crippen LogP contribution in [0, 0.1) is 11.8 Å². The SMILES string of the molecule is CC1CC(C)CC2(CCC(CN)O2)C1. The van der Waals surface area contributed by atoms with E-state index in [9.17, 15) is 0 Å². The van der Waals surface area contributed by atoms with Crippen LogP contribution < -0.4 is 5.73 Å². The average Bonchev–Trinajstić information content (AvgIpc) is 2.46. The van der Waals surface area contributed by atoms with Gasteiger partial charge < -0.3 is 10.5 Å². The Hall–Kier alpha value is -0.0800. The molecule has 1 saturated heterocycles. The van der Waals surface area contributed by atoms with E-state index in [1.54, 1.807) is 0 Å². The van der Waals surface area contributed by atoms with E-state index in [-0.39, 0.29) is 5.60 Å². The van der Waals surface area contributed by atoms with Crippen LogP contribution in [0.5, 0.6) is 0 Å². The number of ether oxygens (including phenoxy) is 1. The van der Waals surface area contributed by atoms with Crippen molar-refractivity contribution < 1.29 is 4.74 Å². The van der Waals surface area contributed by atoms with Crippen molar-refractivity contribution in [3.8, 4) is 0 Å². The van der Waals surface area contributed by atoms with Crippen LogP contribution in [0.15, 0.2) is 0 Å². The minimum atomic E-state index is 0.209. The van der Waals surface area contributed by atoms with Crippen LogP contribution in [-0.2, 0) is 4.74 Å². The zero-order valence-electron chi connectivity index (χ0n) is 9.46. The lowest BCUT2D eigenvalue weighted by molar-refractivity contribution is -0.0825. The quantitative estimate of drug-likeness (QED) is 0.700. The first kappa shape index (κ1) is 10.4. The van der Waals surface area contributed by atoms with Crippen LogP contribution in [-0.4, -0.2) is 18.2 Å². The van der Waals surface area contributed by atoms with Crippen molar-refractivity contribution in [2.75, 3.05) is 6.54 Å². The standard InChI is InChI=1S/C12H23NO/c1-9-5-10(2)7-12(6-9)4-3-11(8-13)14-12/h9-11H,3-8,13H2,1-2H3. The molecule has 2 rings (SSSR count). The zero-order valence-corrected chi connectivity index (χ0v) is 9.46. The minimum absolute atomic E-state index is 0.209. The first-order valence-electron chi connectivity index (χ1n) is 6.01. The molecule has 0 aromatic carbocycles. The van der Waals surface area contributed by atoms with Gasteiger partial charge in [0, 0.05) is 6.54 Å². The van der Waals surface area contributed by atoms with Gasteiger partial charge in [-0.25, -0.2) is 0 Å². The maximum atomic E-state index is 6.15. The molecule has 2 N–H and O–H groups in total. The Morgan fingerprint density at radius 1 is 1.29 bits per heavy atom. The van der Waals surface area contributed by atoms with Gasteiger partial charge in [-0.3, -0.25) is 0 Å². The van der Waals surface area contributed by atoms with E-state index < -0.39 is 0 Å². The highest BCUT2D eigenvalue weighted by molar-refractivity contribution is 4.94. The number of hydrogen-bond acceptors (Lipinski definition) is 2. The third-order valence-electron chi connectivity index (χ3n) is 3.85. The molecule has 1 aliphatic carbocycles. The third-order valence-corrected chi connectivity index (χ3v) is 3.85. The van der Waals surface area contributed by atoms with Crippen molar-refractivity contribution >= 4 is 0 Å². The average molecular weight is 197 g/mol. The lowest BCUT2D eigenvalue weighted by Crippen LogP contribution is -2.38. The van der Waals surface area contributed by atoms with Crippen LogP contribution >= 0.6 is 0 Å². The monoisotopic (exact) mass is 197 g/mol. The first-order chi connectivity index (χ1) is 6.63. The van der Waals surface area contributed by atoms with Gasteiger partial charge in [-0.2, -0.15) is 0 Å². The molecule has 0 amide bonds. The molecular weight excluding hydrogens is 174 g/mol. The molecule has 2 aliphatic rings. The molecule has 1 saturated carbocycles. The topological polar surface area (TPSA) is 35.2 Å². The van der Waals surface area contributed by atoms with E-state index in [4.69, 9.17) is 10.5 Å². The molecular formula is C12H23NO. The molecule has 0 radical (unpaired) electrons. The lowest BCUT2D eigenvalue weighted by Gasteiger charge is -2.40. The molecule has 2 fully saturated rings. The van der Waals surface area contributed by atoms with Gasteiger partial charge in [-0.15, -0.1) is 0 Å². The molecule has 2 heteroatoms. The molecule has 3 unspecified atom stereocenters.